The van der Waals surface area contributed by atoms with Crippen LogP contribution in [0.3, 0.4) is 0 Å². The van der Waals surface area contributed by atoms with Gasteiger partial charge in [0.1, 0.15) is 18.1 Å². The molecule has 0 saturated heterocycles. The number of carbonyl (C=O) groups excluding carboxylic acids is 4. The number of rotatable bonds is 18. The van der Waals surface area contributed by atoms with E-state index >= 15 is 0 Å². The van der Waals surface area contributed by atoms with E-state index in [9.17, 15) is 39.0 Å². The van der Waals surface area contributed by atoms with Gasteiger partial charge in [-0.2, -0.15) is 0 Å². The number of hydrogen-bond donors (Lipinski definition) is 8. The standard InChI is InChI=1S/C21H38N6O8/c1-3-11(2)17(24)20(33)25-12(6-4-5-9-22)18(31)27-14(10-16(29)30)19(32)26-13(21(34)35)7-8-15(23)28/h11-14,17H,3-10,22,24H2,1-2H3,(H2,23,28)(H,25,33)(H,26,32)(H,27,31)(H,29,30)(H,34,35). The molecule has 5 unspecified atom stereocenters. The van der Waals surface area contributed by atoms with Crippen molar-refractivity contribution >= 4 is 35.6 Å². The summed E-state index contributed by atoms with van der Waals surface area (Å²) < 4.78 is 0. The van der Waals surface area contributed by atoms with Crippen LogP contribution in [0.15, 0.2) is 0 Å². The van der Waals surface area contributed by atoms with Crippen LogP contribution in [0.4, 0.5) is 0 Å². The maximum Gasteiger partial charge on any atom is 0.326 e. The molecule has 0 spiro atoms. The molecule has 0 aromatic carbocycles. The molecule has 0 saturated carbocycles. The van der Waals surface area contributed by atoms with E-state index in [0.29, 0.717) is 25.8 Å². The van der Waals surface area contributed by atoms with Gasteiger partial charge in [-0.25, -0.2) is 4.79 Å². The highest BCUT2D eigenvalue weighted by Crippen LogP contribution is 2.08. The molecule has 0 aliphatic rings. The topological polar surface area (TPSA) is 257 Å². The van der Waals surface area contributed by atoms with Gasteiger partial charge >= 0.3 is 11.9 Å². The lowest BCUT2D eigenvalue weighted by atomic mass is 9.98. The van der Waals surface area contributed by atoms with Crippen molar-refractivity contribution in [3.8, 4) is 0 Å². The van der Waals surface area contributed by atoms with Gasteiger partial charge < -0.3 is 43.4 Å². The van der Waals surface area contributed by atoms with Crippen LogP contribution in [0, 0.1) is 5.92 Å². The minimum atomic E-state index is -1.65. The van der Waals surface area contributed by atoms with Gasteiger partial charge in [0, 0.05) is 6.42 Å². The normalized spacial score (nSPS) is 15.1. The number of aliphatic carboxylic acids is 2. The van der Waals surface area contributed by atoms with Crippen molar-refractivity contribution in [2.45, 2.75) is 83.0 Å². The fourth-order valence-electron chi connectivity index (χ4n) is 3.01. The molecule has 0 aromatic rings. The molecular weight excluding hydrogens is 464 g/mol. The molecule has 35 heavy (non-hydrogen) atoms. The zero-order chi connectivity index (χ0) is 27.1. The molecule has 4 amide bonds. The largest absolute Gasteiger partial charge is 0.481 e. The lowest BCUT2D eigenvalue weighted by molar-refractivity contribution is -0.144. The monoisotopic (exact) mass is 502 g/mol. The second kappa shape index (κ2) is 16.4. The van der Waals surface area contributed by atoms with Crippen molar-refractivity contribution in [3.63, 3.8) is 0 Å². The Morgan fingerprint density at radius 3 is 1.86 bits per heavy atom. The van der Waals surface area contributed by atoms with Gasteiger partial charge in [-0.1, -0.05) is 20.3 Å². The summed E-state index contributed by atoms with van der Waals surface area (Å²) in [4.78, 5) is 71.7. The first-order valence-electron chi connectivity index (χ1n) is 11.4. The Hall–Kier alpha value is -3.26. The van der Waals surface area contributed by atoms with Crippen molar-refractivity contribution in [1.82, 2.24) is 16.0 Å². The van der Waals surface area contributed by atoms with Crippen molar-refractivity contribution in [2.75, 3.05) is 6.54 Å². The number of nitrogens with one attached hydrogen (secondary N) is 3. The third-order valence-electron chi connectivity index (χ3n) is 5.45. The third kappa shape index (κ3) is 12.7. The predicted molar refractivity (Wildman–Crippen MR) is 124 cm³/mol. The number of amides is 4. The first-order chi connectivity index (χ1) is 16.3. The maximum absolute atomic E-state index is 12.9. The van der Waals surface area contributed by atoms with Gasteiger partial charge in [-0.05, 0) is 38.1 Å². The summed E-state index contributed by atoms with van der Waals surface area (Å²) in [7, 11) is 0. The maximum atomic E-state index is 12.9. The Labute approximate surface area is 203 Å². The van der Waals surface area contributed by atoms with Gasteiger partial charge in [-0.3, -0.25) is 24.0 Å². The van der Waals surface area contributed by atoms with Crippen LogP contribution >= 0.6 is 0 Å². The Kier molecular flexibility index (Phi) is 14.9. The summed E-state index contributed by atoms with van der Waals surface area (Å²) in [6.45, 7) is 3.98. The highest BCUT2D eigenvalue weighted by atomic mass is 16.4. The molecule has 0 heterocycles. The first-order valence-corrected chi connectivity index (χ1v) is 11.4. The molecule has 0 bridgehead atoms. The van der Waals surface area contributed by atoms with Gasteiger partial charge in [-0.15, -0.1) is 0 Å². The Morgan fingerprint density at radius 1 is 0.829 bits per heavy atom. The first kappa shape index (κ1) is 31.7. The van der Waals surface area contributed by atoms with Gasteiger partial charge in [0.25, 0.3) is 0 Å². The van der Waals surface area contributed by atoms with E-state index in [1.807, 2.05) is 6.92 Å². The highest BCUT2D eigenvalue weighted by Gasteiger charge is 2.32. The van der Waals surface area contributed by atoms with E-state index in [1.54, 1.807) is 6.92 Å². The minimum absolute atomic E-state index is 0.153. The number of nitrogens with two attached hydrogens (primary N) is 3. The van der Waals surface area contributed by atoms with Crippen LogP contribution in [0.5, 0.6) is 0 Å². The molecular formula is C21H38N6O8. The smallest absolute Gasteiger partial charge is 0.326 e. The summed E-state index contributed by atoms with van der Waals surface area (Å²) in [6, 6.07) is -5.19. The third-order valence-corrected chi connectivity index (χ3v) is 5.45. The fraction of sp³-hybridized carbons (Fsp3) is 0.714. The van der Waals surface area contributed by atoms with Gasteiger partial charge in [0.15, 0.2) is 0 Å². The lowest BCUT2D eigenvalue weighted by Crippen LogP contribution is -2.58. The summed E-state index contributed by atoms with van der Waals surface area (Å²) in [5, 5.41) is 25.4. The second-order valence-electron chi connectivity index (χ2n) is 8.32. The molecule has 0 radical (unpaired) electrons. The number of carboxylic acids is 2. The van der Waals surface area contributed by atoms with Crippen LogP contribution in [0.25, 0.3) is 0 Å². The van der Waals surface area contributed by atoms with Crippen molar-refractivity contribution < 1.29 is 39.0 Å². The van der Waals surface area contributed by atoms with Crippen LogP contribution < -0.4 is 33.2 Å². The number of primary amides is 1. The van der Waals surface area contributed by atoms with Crippen molar-refractivity contribution in [3.05, 3.63) is 0 Å². The second-order valence-corrected chi connectivity index (χ2v) is 8.32. The van der Waals surface area contributed by atoms with Crippen LogP contribution in [-0.2, 0) is 28.8 Å². The molecule has 14 heteroatoms. The quantitative estimate of drug-likeness (QED) is 0.0935. The Bertz CT molecular complexity index is 762. The lowest BCUT2D eigenvalue weighted by Gasteiger charge is -2.25. The number of carboxylic acid groups (broad SMARTS) is 2. The number of hydrogen-bond acceptors (Lipinski definition) is 8. The van der Waals surface area contributed by atoms with E-state index in [0.717, 1.165) is 0 Å². The van der Waals surface area contributed by atoms with Crippen LogP contribution in [0.1, 0.15) is 58.8 Å². The zero-order valence-corrected chi connectivity index (χ0v) is 20.1. The summed E-state index contributed by atoms with van der Waals surface area (Å²) >= 11 is 0. The van der Waals surface area contributed by atoms with E-state index in [-0.39, 0.29) is 25.2 Å². The molecule has 5 atom stereocenters. The van der Waals surface area contributed by atoms with E-state index < -0.39 is 66.2 Å². The van der Waals surface area contributed by atoms with Crippen LogP contribution in [0.2, 0.25) is 0 Å². The van der Waals surface area contributed by atoms with E-state index in [1.165, 1.54) is 0 Å². The molecule has 14 nitrogen and oxygen atoms in total. The van der Waals surface area contributed by atoms with Gasteiger partial charge in [0.05, 0.1) is 12.5 Å². The average Bonchev–Trinajstić information content (AvgIpc) is 2.78. The number of unbranched alkanes of at least 4 members (excludes halogenated alkanes) is 1. The molecule has 0 rings (SSSR count). The fourth-order valence-corrected chi connectivity index (χ4v) is 3.01. The molecule has 0 aromatic heterocycles. The molecule has 11 N–H and O–H groups in total. The van der Waals surface area contributed by atoms with Crippen molar-refractivity contribution in [1.29, 1.82) is 0 Å². The molecule has 0 fully saturated rings. The van der Waals surface area contributed by atoms with Crippen molar-refractivity contribution in [2.24, 2.45) is 23.1 Å². The number of carbonyl (C=O) groups is 6. The molecule has 0 aliphatic carbocycles. The van der Waals surface area contributed by atoms with E-state index in [4.69, 9.17) is 17.2 Å². The summed E-state index contributed by atoms with van der Waals surface area (Å²) in [6.07, 6.45) is 0.275. The highest BCUT2D eigenvalue weighted by molar-refractivity contribution is 5.95. The molecule has 0 aliphatic heterocycles. The summed E-state index contributed by atoms with van der Waals surface area (Å²) in [5.74, 6) is -6.35. The van der Waals surface area contributed by atoms with Crippen LogP contribution in [-0.4, -0.2) is 76.5 Å². The van der Waals surface area contributed by atoms with E-state index in [2.05, 4.69) is 16.0 Å². The predicted octanol–water partition coefficient (Wildman–Crippen LogP) is -2.23. The Balaban J connectivity index is 5.57. The zero-order valence-electron chi connectivity index (χ0n) is 20.1. The molecule has 200 valence electrons. The SMILES string of the molecule is CCC(C)C(N)C(=O)NC(CCCCN)C(=O)NC(CC(=O)O)C(=O)NC(CCC(N)=O)C(=O)O. The van der Waals surface area contributed by atoms with Gasteiger partial charge in [0.2, 0.25) is 23.6 Å². The minimum Gasteiger partial charge on any atom is -0.481 e. The average molecular weight is 503 g/mol. The Morgan fingerprint density at radius 2 is 1.37 bits per heavy atom. The summed E-state index contributed by atoms with van der Waals surface area (Å²) in [5.41, 5.74) is 16.4.